The maximum absolute atomic E-state index is 15.6. The van der Waals surface area contributed by atoms with Gasteiger partial charge in [0.05, 0.1) is 19.3 Å². The first-order chi connectivity index (χ1) is 16.0. The molecule has 4 atom stereocenters. The van der Waals surface area contributed by atoms with E-state index in [1.807, 2.05) is 0 Å². The molecule has 0 spiro atoms. The van der Waals surface area contributed by atoms with Crippen LogP contribution in [0.2, 0.25) is 0 Å². The second kappa shape index (κ2) is 9.48. The highest BCUT2D eigenvalue weighted by molar-refractivity contribution is 6.05. The molecule has 4 aliphatic heterocycles. The summed E-state index contributed by atoms with van der Waals surface area (Å²) in [5.74, 6) is -1.60. The molecule has 0 bridgehead atoms. The van der Waals surface area contributed by atoms with Crippen LogP contribution in [0.1, 0.15) is 60.0 Å². The Balaban J connectivity index is 1.30. The van der Waals surface area contributed by atoms with Crippen molar-refractivity contribution in [2.75, 3.05) is 19.8 Å². The SMILES string of the molecule is O=C1CCC(N2Cc3c(ccc(C[C@H]4OCCC[C@@H]4NC4CCCOC4)c3F)C2=O)C(=O)N1. The van der Waals surface area contributed by atoms with Crippen LogP contribution in [0, 0.1) is 5.82 Å². The zero-order valence-electron chi connectivity index (χ0n) is 18.6. The zero-order chi connectivity index (χ0) is 22.9. The summed E-state index contributed by atoms with van der Waals surface area (Å²) in [7, 11) is 0. The summed E-state index contributed by atoms with van der Waals surface area (Å²) in [5.41, 5.74) is 1.13. The van der Waals surface area contributed by atoms with Gasteiger partial charge in [-0.3, -0.25) is 19.7 Å². The highest BCUT2D eigenvalue weighted by Gasteiger charge is 2.41. The van der Waals surface area contributed by atoms with E-state index in [2.05, 4.69) is 10.6 Å². The molecule has 4 aliphatic rings. The molecule has 1 aromatic carbocycles. The molecule has 8 nitrogen and oxygen atoms in total. The summed E-state index contributed by atoms with van der Waals surface area (Å²) in [6.07, 6.45) is 4.71. The molecular formula is C24H30FN3O5. The molecule has 3 fully saturated rings. The van der Waals surface area contributed by atoms with Crippen molar-refractivity contribution in [1.29, 1.82) is 0 Å². The van der Waals surface area contributed by atoms with Gasteiger partial charge in [-0.1, -0.05) is 6.07 Å². The van der Waals surface area contributed by atoms with Crippen LogP contribution < -0.4 is 10.6 Å². The molecule has 1 aromatic rings. The van der Waals surface area contributed by atoms with Crippen molar-refractivity contribution in [3.63, 3.8) is 0 Å². The summed E-state index contributed by atoms with van der Waals surface area (Å²) >= 11 is 0. The molecule has 4 heterocycles. The maximum atomic E-state index is 15.6. The van der Waals surface area contributed by atoms with Crippen LogP contribution in [0.15, 0.2) is 12.1 Å². The first-order valence-corrected chi connectivity index (χ1v) is 11.9. The minimum atomic E-state index is -0.751. The number of benzene rings is 1. The number of imide groups is 1. The van der Waals surface area contributed by atoms with Crippen LogP contribution in [0.3, 0.4) is 0 Å². The van der Waals surface area contributed by atoms with Crippen molar-refractivity contribution in [3.05, 3.63) is 34.6 Å². The molecule has 2 unspecified atom stereocenters. The summed E-state index contributed by atoms with van der Waals surface area (Å²) in [5, 5.41) is 5.93. The van der Waals surface area contributed by atoms with Crippen LogP contribution in [0.5, 0.6) is 0 Å². The van der Waals surface area contributed by atoms with Gasteiger partial charge in [-0.25, -0.2) is 4.39 Å². The van der Waals surface area contributed by atoms with Gasteiger partial charge in [-0.2, -0.15) is 0 Å². The predicted molar refractivity (Wildman–Crippen MR) is 116 cm³/mol. The number of carbonyl (C=O) groups is 3. The second-order valence-corrected chi connectivity index (χ2v) is 9.41. The van der Waals surface area contributed by atoms with Gasteiger partial charge in [0.25, 0.3) is 5.91 Å². The first kappa shape index (κ1) is 22.4. The van der Waals surface area contributed by atoms with E-state index in [0.717, 1.165) is 32.3 Å². The van der Waals surface area contributed by atoms with Crippen molar-refractivity contribution in [3.8, 4) is 0 Å². The minimum absolute atomic E-state index is 0.0345. The quantitative estimate of drug-likeness (QED) is 0.647. The molecule has 178 valence electrons. The van der Waals surface area contributed by atoms with E-state index in [0.29, 0.717) is 36.3 Å². The Morgan fingerprint density at radius 3 is 2.76 bits per heavy atom. The Labute approximate surface area is 192 Å². The number of nitrogens with one attached hydrogen (secondary N) is 2. The van der Waals surface area contributed by atoms with E-state index in [-0.39, 0.29) is 49.4 Å². The normalized spacial score (nSPS) is 30.3. The van der Waals surface area contributed by atoms with Gasteiger partial charge < -0.3 is 19.7 Å². The largest absolute Gasteiger partial charge is 0.380 e. The Hall–Kier alpha value is -2.36. The molecule has 0 aromatic heterocycles. The number of carbonyl (C=O) groups excluding carboxylic acids is 3. The molecular weight excluding hydrogens is 429 g/mol. The average molecular weight is 460 g/mol. The molecule has 5 rings (SSSR count). The van der Waals surface area contributed by atoms with E-state index in [9.17, 15) is 14.4 Å². The van der Waals surface area contributed by atoms with Gasteiger partial charge in [0.2, 0.25) is 11.8 Å². The lowest BCUT2D eigenvalue weighted by atomic mass is 9.93. The molecule has 0 aliphatic carbocycles. The minimum Gasteiger partial charge on any atom is -0.380 e. The number of halogens is 1. The summed E-state index contributed by atoms with van der Waals surface area (Å²) in [6, 6.07) is 2.98. The average Bonchev–Trinajstić information content (AvgIpc) is 3.14. The van der Waals surface area contributed by atoms with Crippen LogP contribution in [0.25, 0.3) is 0 Å². The van der Waals surface area contributed by atoms with E-state index in [1.54, 1.807) is 12.1 Å². The van der Waals surface area contributed by atoms with Gasteiger partial charge in [0, 0.05) is 49.3 Å². The molecule has 0 saturated carbocycles. The van der Waals surface area contributed by atoms with Gasteiger partial charge in [-0.15, -0.1) is 0 Å². The number of hydrogen-bond donors (Lipinski definition) is 2. The van der Waals surface area contributed by atoms with Crippen LogP contribution in [-0.2, 0) is 32.0 Å². The van der Waals surface area contributed by atoms with Crippen molar-refractivity contribution in [2.45, 2.75) is 75.7 Å². The number of nitrogens with zero attached hydrogens (tertiary/aromatic N) is 1. The molecule has 2 N–H and O–H groups in total. The van der Waals surface area contributed by atoms with Gasteiger partial charge >= 0.3 is 0 Å². The summed E-state index contributed by atoms with van der Waals surface area (Å²) in [4.78, 5) is 38.0. The van der Waals surface area contributed by atoms with E-state index >= 15 is 4.39 Å². The predicted octanol–water partition coefficient (Wildman–Crippen LogP) is 1.45. The number of fused-ring (bicyclic) bond motifs is 1. The topological polar surface area (TPSA) is 97.0 Å². The van der Waals surface area contributed by atoms with Gasteiger partial charge in [-0.05, 0) is 43.7 Å². The highest BCUT2D eigenvalue weighted by atomic mass is 19.1. The standard InChI is InChI=1S/C24H30FN3O5/c25-22-14(11-20-18(4-2-10-33-20)26-15-3-1-9-32-13-15)5-6-16-17(22)12-28(24(16)31)19-7-8-21(29)27-23(19)30/h5-6,15,18-20,26H,1-4,7-13H2,(H,27,29,30)/t15?,18-,19?,20+/m0/s1. The molecule has 0 radical (unpaired) electrons. The number of piperidine rings is 1. The van der Waals surface area contributed by atoms with Crippen LogP contribution >= 0.6 is 0 Å². The van der Waals surface area contributed by atoms with Crippen molar-refractivity contribution >= 4 is 17.7 Å². The van der Waals surface area contributed by atoms with Crippen molar-refractivity contribution in [2.24, 2.45) is 0 Å². The van der Waals surface area contributed by atoms with E-state index in [4.69, 9.17) is 9.47 Å². The Bertz CT molecular complexity index is 948. The first-order valence-electron chi connectivity index (χ1n) is 11.9. The molecule has 33 heavy (non-hydrogen) atoms. The lowest BCUT2D eigenvalue weighted by molar-refractivity contribution is -0.136. The van der Waals surface area contributed by atoms with Crippen molar-refractivity contribution < 1.29 is 28.2 Å². The molecule has 3 saturated heterocycles. The lowest BCUT2D eigenvalue weighted by Crippen LogP contribution is -2.52. The Kier molecular flexibility index (Phi) is 6.44. The third-order valence-corrected chi connectivity index (χ3v) is 7.20. The zero-order valence-corrected chi connectivity index (χ0v) is 18.6. The maximum Gasteiger partial charge on any atom is 0.255 e. The van der Waals surface area contributed by atoms with Crippen molar-refractivity contribution in [1.82, 2.24) is 15.5 Å². The third-order valence-electron chi connectivity index (χ3n) is 7.20. The number of ether oxygens (including phenoxy) is 2. The summed E-state index contributed by atoms with van der Waals surface area (Å²) < 4.78 is 27.2. The van der Waals surface area contributed by atoms with Gasteiger partial charge in [0.1, 0.15) is 11.9 Å². The monoisotopic (exact) mass is 459 g/mol. The Morgan fingerprint density at radius 1 is 1.12 bits per heavy atom. The number of hydrogen-bond acceptors (Lipinski definition) is 6. The van der Waals surface area contributed by atoms with E-state index in [1.165, 1.54) is 4.90 Å². The fourth-order valence-electron chi connectivity index (χ4n) is 5.43. The smallest absolute Gasteiger partial charge is 0.255 e. The van der Waals surface area contributed by atoms with Crippen LogP contribution in [0.4, 0.5) is 4.39 Å². The molecule has 9 heteroatoms. The third kappa shape index (κ3) is 4.54. The lowest BCUT2D eigenvalue weighted by Gasteiger charge is -2.36. The highest BCUT2D eigenvalue weighted by Crippen LogP contribution is 2.32. The number of rotatable bonds is 5. The summed E-state index contributed by atoms with van der Waals surface area (Å²) in [6.45, 7) is 2.18. The Morgan fingerprint density at radius 2 is 1.97 bits per heavy atom. The second-order valence-electron chi connectivity index (χ2n) is 9.41. The number of amides is 3. The van der Waals surface area contributed by atoms with Gasteiger partial charge in [0.15, 0.2) is 0 Å². The van der Waals surface area contributed by atoms with E-state index < -0.39 is 17.8 Å². The fourth-order valence-corrected chi connectivity index (χ4v) is 5.43. The fraction of sp³-hybridized carbons (Fsp3) is 0.625. The molecule has 3 amide bonds. The van der Waals surface area contributed by atoms with Crippen LogP contribution in [-0.4, -0.2) is 66.7 Å².